The van der Waals surface area contributed by atoms with E-state index in [0.717, 1.165) is 35.6 Å². The Labute approximate surface area is 124 Å². The summed E-state index contributed by atoms with van der Waals surface area (Å²) in [4.78, 5) is 11.9. The van der Waals surface area contributed by atoms with Crippen molar-refractivity contribution in [3.05, 3.63) is 59.2 Å². The van der Waals surface area contributed by atoms with Crippen LogP contribution in [-0.4, -0.2) is 12.6 Å². The van der Waals surface area contributed by atoms with Crippen LogP contribution in [0.1, 0.15) is 16.7 Å². The van der Waals surface area contributed by atoms with Crippen LogP contribution in [0.15, 0.2) is 42.5 Å². The summed E-state index contributed by atoms with van der Waals surface area (Å²) in [6, 6.07) is 13.6. The first-order valence-corrected chi connectivity index (χ1v) is 7.07. The van der Waals surface area contributed by atoms with Gasteiger partial charge in [-0.3, -0.25) is 0 Å². The van der Waals surface area contributed by atoms with Gasteiger partial charge < -0.3 is 15.4 Å². The third-order valence-corrected chi connectivity index (χ3v) is 3.60. The Kier molecular flexibility index (Phi) is 3.77. The molecule has 0 aromatic heterocycles. The van der Waals surface area contributed by atoms with Gasteiger partial charge in [-0.2, -0.15) is 0 Å². The molecule has 0 saturated carbocycles. The Morgan fingerprint density at radius 1 is 1.24 bits per heavy atom. The van der Waals surface area contributed by atoms with Crippen molar-refractivity contribution < 1.29 is 9.53 Å². The molecule has 21 heavy (non-hydrogen) atoms. The molecule has 1 heterocycles. The number of urea groups is 1. The number of nitrogens with one attached hydrogen (secondary N) is 2. The highest BCUT2D eigenvalue weighted by molar-refractivity contribution is 5.89. The Bertz CT molecular complexity index is 668. The molecule has 0 unspecified atom stereocenters. The van der Waals surface area contributed by atoms with Crippen LogP contribution >= 0.6 is 0 Å². The lowest BCUT2D eigenvalue weighted by Gasteiger charge is -2.10. The average molecular weight is 282 g/mol. The molecule has 1 aliphatic rings. The minimum Gasteiger partial charge on any atom is -0.493 e. The van der Waals surface area contributed by atoms with E-state index in [-0.39, 0.29) is 6.03 Å². The zero-order valence-corrected chi connectivity index (χ0v) is 12.0. The lowest BCUT2D eigenvalue weighted by Crippen LogP contribution is -2.28. The highest BCUT2D eigenvalue weighted by Crippen LogP contribution is 2.25. The first kappa shape index (κ1) is 13.5. The lowest BCUT2D eigenvalue weighted by atomic mass is 10.1. The Morgan fingerprint density at radius 3 is 2.95 bits per heavy atom. The van der Waals surface area contributed by atoms with E-state index in [1.807, 2.05) is 43.3 Å². The van der Waals surface area contributed by atoms with E-state index in [2.05, 4.69) is 16.7 Å². The maximum atomic E-state index is 11.9. The lowest BCUT2D eigenvalue weighted by molar-refractivity contribution is 0.251. The summed E-state index contributed by atoms with van der Waals surface area (Å²) in [6.45, 7) is 3.22. The van der Waals surface area contributed by atoms with Gasteiger partial charge in [0.2, 0.25) is 0 Å². The zero-order valence-electron chi connectivity index (χ0n) is 12.0. The van der Waals surface area contributed by atoms with Crippen molar-refractivity contribution in [2.75, 3.05) is 11.9 Å². The summed E-state index contributed by atoms with van der Waals surface area (Å²) in [7, 11) is 0. The number of carbonyl (C=O) groups excluding carboxylic acids is 1. The SMILES string of the molecule is Cc1ccccc1NC(=O)NCc1ccc2c(c1)CCO2. The van der Waals surface area contributed by atoms with Gasteiger partial charge in [-0.1, -0.05) is 30.3 Å². The van der Waals surface area contributed by atoms with Gasteiger partial charge >= 0.3 is 6.03 Å². The van der Waals surface area contributed by atoms with Crippen molar-refractivity contribution in [2.45, 2.75) is 19.9 Å². The fourth-order valence-corrected chi connectivity index (χ4v) is 2.41. The predicted octanol–water partition coefficient (Wildman–Crippen LogP) is 3.25. The molecule has 3 rings (SSSR count). The molecule has 2 aromatic rings. The van der Waals surface area contributed by atoms with Crippen molar-refractivity contribution in [1.29, 1.82) is 0 Å². The molecule has 2 N–H and O–H groups in total. The quantitative estimate of drug-likeness (QED) is 0.908. The minimum atomic E-state index is -0.193. The van der Waals surface area contributed by atoms with Crippen molar-refractivity contribution in [2.24, 2.45) is 0 Å². The van der Waals surface area contributed by atoms with Gasteiger partial charge in [-0.25, -0.2) is 4.79 Å². The first-order valence-electron chi connectivity index (χ1n) is 7.07. The maximum absolute atomic E-state index is 11.9. The zero-order chi connectivity index (χ0) is 14.7. The highest BCUT2D eigenvalue weighted by Gasteiger charge is 2.12. The molecule has 0 radical (unpaired) electrons. The first-order chi connectivity index (χ1) is 10.2. The molecule has 2 amide bonds. The number of rotatable bonds is 3. The monoisotopic (exact) mass is 282 g/mol. The van der Waals surface area contributed by atoms with E-state index >= 15 is 0 Å². The van der Waals surface area contributed by atoms with Crippen LogP contribution in [0.5, 0.6) is 5.75 Å². The Morgan fingerprint density at radius 2 is 2.10 bits per heavy atom. The van der Waals surface area contributed by atoms with Crippen LogP contribution in [0.4, 0.5) is 10.5 Å². The second kappa shape index (κ2) is 5.87. The number of para-hydroxylation sites is 1. The fourth-order valence-electron chi connectivity index (χ4n) is 2.41. The smallest absolute Gasteiger partial charge is 0.319 e. The largest absolute Gasteiger partial charge is 0.493 e. The average Bonchev–Trinajstić information content (AvgIpc) is 2.95. The number of fused-ring (bicyclic) bond motifs is 1. The summed E-state index contributed by atoms with van der Waals surface area (Å²) >= 11 is 0. The Balaban J connectivity index is 1.58. The molecule has 0 saturated heterocycles. The number of carbonyl (C=O) groups is 1. The normalized spacial score (nSPS) is 12.4. The summed E-state index contributed by atoms with van der Waals surface area (Å²) in [5.74, 6) is 0.961. The highest BCUT2D eigenvalue weighted by atomic mass is 16.5. The van der Waals surface area contributed by atoms with Gasteiger partial charge in [-0.05, 0) is 35.7 Å². The molecule has 0 bridgehead atoms. The van der Waals surface area contributed by atoms with Crippen molar-refractivity contribution in [3.63, 3.8) is 0 Å². The van der Waals surface area contributed by atoms with Gasteiger partial charge in [-0.15, -0.1) is 0 Å². The summed E-state index contributed by atoms with van der Waals surface area (Å²) in [6.07, 6.45) is 0.943. The fraction of sp³-hybridized carbons (Fsp3) is 0.235. The van der Waals surface area contributed by atoms with Crippen molar-refractivity contribution in [3.8, 4) is 5.75 Å². The molecule has 0 fully saturated rings. The molecule has 4 heteroatoms. The van der Waals surface area contributed by atoms with Crippen LogP contribution < -0.4 is 15.4 Å². The number of hydrogen-bond acceptors (Lipinski definition) is 2. The van der Waals surface area contributed by atoms with Crippen molar-refractivity contribution in [1.82, 2.24) is 5.32 Å². The van der Waals surface area contributed by atoms with Crippen molar-refractivity contribution >= 4 is 11.7 Å². The number of hydrogen-bond donors (Lipinski definition) is 2. The van der Waals surface area contributed by atoms with E-state index in [9.17, 15) is 4.79 Å². The summed E-state index contributed by atoms with van der Waals surface area (Å²) in [5, 5.41) is 5.73. The number of amides is 2. The summed E-state index contributed by atoms with van der Waals surface area (Å²) in [5.41, 5.74) is 4.17. The number of aryl methyl sites for hydroxylation is 1. The molecular formula is C17H18N2O2. The van der Waals surface area contributed by atoms with E-state index in [4.69, 9.17) is 4.74 Å². The second-order valence-electron chi connectivity index (χ2n) is 5.16. The third-order valence-electron chi connectivity index (χ3n) is 3.60. The Hall–Kier alpha value is -2.49. The van der Waals surface area contributed by atoms with Crippen LogP contribution in [0, 0.1) is 6.92 Å². The van der Waals surface area contributed by atoms with E-state index in [0.29, 0.717) is 6.54 Å². The molecule has 0 spiro atoms. The predicted molar refractivity (Wildman–Crippen MR) is 82.7 cm³/mol. The molecule has 0 atom stereocenters. The third kappa shape index (κ3) is 3.16. The molecule has 1 aliphatic heterocycles. The molecule has 4 nitrogen and oxygen atoms in total. The van der Waals surface area contributed by atoms with Crippen LogP contribution in [0.2, 0.25) is 0 Å². The number of ether oxygens (including phenoxy) is 1. The molecular weight excluding hydrogens is 264 g/mol. The van der Waals surface area contributed by atoms with Gasteiger partial charge in [0.25, 0.3) is 0 Å². The van der Waals surface area contributed by atoms with Crippen LogP contribution in [-0.2, 0) is 13.0 Å². The van der Waals surface area contributed by atoms with Crippen LogP contribution in [0.3, 0.4) is 0 Å². The minimum absolute atomic E-state index is 0.193. The van der Waals surface area contributed by atoms with Gasteiger partial charge in [0.05, 0.1) is 6.61 Å². The number of anilines is 1. The van der Waals surface area contributed by atoms with Gasteiger partial charge in [0, 0.05) is 18.7 Å². The van der Waals surface area contributed by atoms with E-state index in [1.165, 1.54) is 5.56 Å². The summed E-state index contributed by atoms with van der Waals surface area (Å²) < 4.78 is 5.47. The number of benzene rings is 2. The van der Waals surface area contributed by atoms with E-state index < -0.39 is 0 Å². The van der Waals surface area contributed by atoms with Crippen LogP contribution in [0.25, 0.3) is 0 Å². The van der Waals surface area contributed by atoms with Gasteiger partial charge in [0.15, 0.2) is 0 Å². The molecule has 108 valence electrons. The topological polar surface area (TPSA) is 50.4 Å². The molecule has 0 aliphatic carbocycles. The second-order valence-corrected chi connectivity index (χ2v) is 5.16. The maximum Gasteiger partial charge on any atom is 0.319 e. The molecule has 2 aromatic carbocycles. The standard InChI is InChI=1S/C17H18N2O2/c1-12-4-2-3-5-15(12)19-17(20)18-11-13-6-7-16-14(10-13)8-9-21-16/h2-7,10H,8-9,11H2,1H3,(H2,18,19,20). The van der Waals surface area contributed by atoms with Gasteiger partial charge in [0.1, 0.15) is 5.75 Å². The van der Waals surface area contributed by atoms with E-state index in [1.54, 1.807) is 0 Å².